The van der Waals surface area contributed by atoms with E-state index in [2.05, 4.69) is 9.59 Å². The summed E-state index contributed by atoms with van der Waals surface area (Å²) < 4.78 is 4.20. The van der Waals surface area contributed by atoms with Crippen molar-refractivity contribution in [3.8, 4) is 0 Å². The van der Waals surface area contributed by atoms with Crippen molar-refractivity contribution in [1.82, 2.24) is 9.59 Å². The molecule has 0 spiro atoms. The van der Waals surface area contributed by atoms with Gasteiger partial charge in [0.15, 0.2) is 5.17 Å². The Morgan fingerprint density at radius 2 is 2.55 bits per heavy atom. The monoisotopic (exact) mass is 208 g/mol. The maximum atomic E-state index is 6.92. The number of thioether (sulfide) groups is 1. The zero-order chi connectivity index (χ0) is 8.27. The fourth-order valence-electron chi connectivity index (χ4n) is 0.429. The van der Waals surface area contributed by atoms with Gasteiger partial charge in [0.25, 0.3) is 0 Å². The minimum Gasteiger partial charge on any atom is -0.379 e. The van der Waals surface area contributed by atoms with Crippen LogP contribution < -0.4 is 5.73 Å². The lowest BCUT2D eigenvalue weighted by Crippen LogP contribution is -2.03. The van der Waals surface area contributed by atoms with Crippen LogP contribution >= 0.6 is 34.9 Å². The number of hydrogen-bond acceptors (Lipinski definition) is 5. The fourth-order valence-corrected chi connectivity index (χ4v) is 1.72. The molecule has 0 saturated carbocycles. The van der Waals surface area contributed by atoms with Crippen molar-refractivity contribution >= 4 is 40.1 Å². The average molecular weight is 209 g/mol. The summed E-state index contributed by atoms with van der Waals surface area (Å²) in [7, 11) is 0. The Hall–Kier alpha value is -0.330. The van der Waals surface area contributed by atoms with Gasteiger partial charge in [0, 0.05) is 17.3 Å². The first-order valence-corrected chi connectivity index (χ1v) is 4.77. The lowest BCUT2D eigenvalue weighted by atomic mass is 10.6. The van der Waals surface area contributed by atoms with Gasteiger partial charge >= 0.3 is 0 Å². The quantitative estimate of drug-likeness (QED) is 0.568. The summed E-state index contributed by atoms with van der Waals surface area (Å²) in [6.45, 7) is 0. The Labute approximate surface area is 76.8 Å². The molecule has 0 unspecified atom stereocenters. The van der Waals surface area contributed by atoms with Gasteiger partial charge in [0.05, 0.1) is 0 Å². The van der Waals surface area contributed by atoms with Gasteiger partial charge < -0.3 is 5.73 Å². The molecule has 7 heteroatoms. The Morgan fingerprint density at radius 1 is 1.82 bits per heavy atom. The number of nitrogens with one attached hydrogen (secondary N) is 1. The van der Waals surface area contributed by atoms with Crippen LogP contribution in [0.2, 0.25) is 4.34 Å². The number of nitrogens with two attached hydrogens (primary N) is 1. The van der Waals surface area contributed by atoms with Gasteiger partial charge in [0.1, 0.15) is 10.0 Å². The molecule has 1 aromatic rings. The van der Waals surface area contributed by atoms with Crippen molar-refractivity contribution in [1.29, 1.82) is 5.41 Å². The van der Waals surface area contributed by atoms with Crippen molar-refractivity contribution in [3.05, 3.63) is 10.0 Å². The van der Waals surface area contributed by atoms with E-state index in [0.29, 0.717) is 15.8 Å². The highest BCUT2D eigenvalue weighted by atomic mass is 35.5. The third kappa shape index (κ3) is 2.64. The highest BCUT2D eigenvalue weighted by Gasteiger charge is 2.05. The van der Waals surface area contributed by atoms with Crippen molar-refractivity contribution in [2.45, 2.75) is 5.75 Å². The molecule has 0 radical (unpaired) electrons. The van der Waals surface area contributed by atoms with Crippen molar-refractivity contribution in [2.75, 3.05) is 0 Å². The first-order chi connectivity index (χ1) is 5.20. The van der Waals surface area contributed by atoms with Gasteiger partial charge in [0.2, 0.25) is 0 Å². The Morgan fingerprint density at radius 3 is 3.00 bits per heavy atom. The molecule has 0 amide bonds. The molecule has 1 rings (SSSR count). The molecule has 1 heterocycles. The smallest absolute Gasteiger partial charge is 0.151 e. The fraction of sp³-hybridized carbons (Fsp3) is 0.250. The number of amidine groups is 1. The van der Waals surface area contributed by atoms with E-state index in [1.54, 1.807) is 0 Å². The zero-order valence-electron chi connectivity index (χ0n) is 5.37. The molecule has 1 aromatic heterocycles. The third-order valence-corrected chi connectivity index (χ3v) is 2.59. The highest BCUT2D eigenvalue weighted by Crippen LogP contribution is 2.21. The van der Waals surface area contributed by atoms with E-state index in [-0.39, 0.29) is 5.17 Å². The largest absolute Gasteiger partial charge is 0.379 e. The molecule has 0 fully saturated rings. The maximum absolute atomic E-state index is 6.92. The summed E-state index contributed by atoms with van der Waals surface area (Å²) in [5.41, 5.74) is 5.81. The summed E-state index contributed by atoms with van der Waals surface area (Å²) in [5, 5.41) is 10.7. The second-order valence-corrected chi connectivity index (χ2v) is 4.02. The SMILES string of the molecule is N=C(N)SCc1nnsc1Cl. The lowest BCUT2D eigenvalue weighted by Gasteiger charge is -1.93. The molecule has 0 saturated heterocycles. The molecule has 11 heavy (non-hydrogen) atoms. The molecule has 0 aliphatic rings. The van der Waals surface area contributed by atoms with Crippen molar-refractivity contribution in [3.63, 3.8) is 0 Å². The molecule has 0 atom stereocenters. The van der Waals surface area contributed by atoms with E-state index in [4.69, 9.17) is 22.7 Å². The maximum Gasteiger partial charge on any atom is 0.151 e. The molecule has 0 aliphatic heterocycles. The minimum atomic E-state index is 0.0640. The molecule has 0 aliphatic carbocycles. The number of hydrogen-bond donors (Lipinski definition) is 2. The molecular weight excluding hydrogens is 204 g/mol. The molecule has 0 aromatic carbocycles. The Kier molecular flexibility index (Phi) is 3.10. The first kappa shape index (κ1) is 8.76. The van der Waals surface area contributed by atoms with Crippen LogP contribution in [0.15, 0.2) is 0 Å². The highest BCUT2D eigenvalue weighted by molar-refractivity contribution is 8.13. The van der Waals surface area contributed by atoms with Gasteiger partial charge in [-0.25, -0.2) is 0 Å². The predicted molar refractivity (Wildman–Crippen MR) is 48.1 cm³/mol. The van der Waals surface area contributed by atoms with Crippen LogP contribution in [0.5, 0.6) is 0 Å². The van der Waals surface area contributed by atoms with Gasteiger partial charge in [-0.15, -0.1) is 5.10 Å². The normalized spacial score (nSPS) is 9.91. The minimum absolute atomic E-state index is 0.0640. The van der Waals surface area contributed by atoms with E-state index in [9.17, 15) is 0 Å². The molecule has 60 valence electrons. The van der Waals surface area contributed by atoms with Crippen molar-refractivity contribution in [2.24, 2.45) is 5.73 Å². The zero-order valence-corrected chi connectivity index (χ0v) is 7.76. The molecule has 0 bridgehead atoms. The van der Waals surface area contributed by atoms with E-state index in [1.165, 1.54) is 11.8 Å². The summed E-state index contributed by atoms with van der Waals surface area (Å²) in [6, 6.07) is 0. The van der Waals surface area contributed by atoms with E-state index in [0.717, 1.165) is 11.5 Å². The van der Waals surface area contributed by atoms with Gasteiger partial charge in [-0.1, -0.05) is 27.9 Å². The standard InChI is InChI=1S/C4H5ClN4S2/c5-3-2(8-9-11-3)1-10-4(6)7/h1H2,(H3,6,7). The summed E-state index contributed by atoms with van der Waals surface area (Å²) in [6.07, 6.45) is 0. The Bertz CT molecular complexity index is 260. The molecular formula is C4H5ClN4S2. The first-order valence-electron chi connectivity index (χ1n) is 2.63. The van der Waals surface area contributed by atoms with Crippen LogP contribution in [0.1, 0.15) is 5.69 Å². The number of aromatic nitrogens is 2. The molecule has 3 N–H and O–H groups in total. The summed E-state index contributed by atoms with van der Waals surface area (Å²) >= 11 is 8.01. The van der Waals surface area contributed by atoms with Crippen LogP contribution in [0.4, 0.5) is 0 Å². The van der Waals surface area contributed by atoms with Gasteiger partial charge in [-0.3, -0.25) is 5.41 Å². The van der Waals surface area contributed by atoms with Crippen LogP contribution in [0.3, 0.4) is 0 Å². The average Bonchev–Trinajstić information content (AvgIpc) is 2.31. The number of rotatable bonds is 2. The topological polar surface area (TPSA) is 75.7 Å². The van der Waals surface area contributed by atoms with E-state index < -0.39 is 0 Å². The van der Waals surface area contributed by atoms with Gasteiger partial charge in [-0.05, 0) is 0 Å². The van der Waals surface area contributed by atoms with Crippen LogP contribution in [0, 0.1) is 5.41 Å². The number of nitrogens with zero attached hydrogens (tertiary/aromatic N) is 2. The number of halogens is 1. The van der Waals surface area contributed by atoms with Crippen LogP contribution in [0.25, 0.3) is 0 Å². The molecule has 4 nitrogen and oxygen atoms in total. The third-order valence-electron chi connectivity index (χ3n) is 0.874. The van der Waals surface area contributed by atoms with E-state index in [1.807, 2.05) is 0 Å². The Balaban J connectivity index is 2.51. The summed E-state index contributed by atoms with van der Waals surface area (Å²) in [4.78, 5) is 0. The van der Waals surface area contributed by atoms with Gasteiger partial charge in [-0.2, -0.15) is 0 Å². The second kappa shape index (κ2) is 3.89. The lowest BCUT2D eigenvalue weighted by molar-refractivity contribution is 1.08. The second-order valence-electron chi connectivity index (χ2n) is 1.65. The van der Waals surface area contributed by atoms with Crippen molar-refractivity contribution < 1.29 is 0 Å². The predicted octanol–water partition coefficient (Wildman–Crippen LogP) is 1.32. The van der Waals surface area contributed by atoms with E-state index >= 15 is 0 Å². The van der Waals surface area contributed by atoms with Crippen LogP contribution in [-0.4, -0.2) is 14.8 Å². The summed E-state index contributed by atoms with van der Waals surface area (Å²) in [5.74, 6) is 0.519. The van der Waals surface area contributed by atoms with Crippen LogP contribution in [-0.2, 0) is 5.75 Å².